The van der Waals surface area contributed by atoms with E-state index < -0.39 is 24.3 Å². The van der Waals surface area contributed by atoms with Crippen molar-refractivity contribution in [1.29, 1.82) is 0 Å². The molecule has 216 valence electrons. The van der Waals surface area contributed by atoms with E-state index in [1.54, 1.807) is 58.0 Å². The molecule has 0 radical (unpaired) electrons. The number of H-pyrrole nitrogens is 1. The van der Waals surface area contributed by atoms with Gasteiger partial charge in [-0.25, -0.2) is 9.37 Å². The molecule has 2 aromatic heterocycles. The van der Waals surface area contributed by atoms with Gasteiger partial charge in [0.1, 0.15) is 17.1 Å². The number of nitrogens with zero attached hydrogens (tertiary/aromatic N) is 2. The summed E-state index contributed by atoms with van der Waals surface area (Å²) in [6, 6.07) is 14.6. The van der Waals surface area contributed by atoms with Gasteiger partial charge in [-0.05, 0) is 73.9 Å². The van der Waals surface area contributed by atoms with Crippen molar-refractivity contribution < 1.29 is 37.3 Å². The lowest BCUT2D eigenvalue weighted by atomic mass is 9.92. The molecule has 0 amide bonds. The van der Waals surface area contributed by atoms with Gasteiger partial charge in [0, 0.05) is 29.2 Å². The van der Waals surface area contributed by atoms with Crippen LogP contribution in [0.5, 0.6) is 11.5 Å². The van der Waals surface area contributed by atoms with Crippen LogP contribution in [0.4, 0.5) is 13.2 Å². The lowest BCUT2D eigenvalue weighted by Gasteiger charge is -2.14. The SMILES string of the molecule is Cc1nc(-c2ccc3c(c2)OC(F)(F)O3)c(-c2cc(-c3cc(C)c(CO)c(F)c3)ccc2-c2cc(C(C)(C)O)n[nH]2)o1. The molecule has 0 spiro atoms. The van der Waals surface area contributed by atoms with Gasteiger partial charge in [0.05, 0.1) is 18.0 Å². The highest BCUT2D eigenvalue weighted by Crippen LogP contribution is 2.46. The van der Waals surface area contributed by atoms with Crippen molar-refractivity contribution in [3.8, 4) is 56.5 Å². The van der Waals surface area contributed by atoms with E-state index in [-0.39, 0.29) is 17.1 Å². The molecule has 3 heterocycles. The lowest BCUT2D eigenvalue weighted by Crippen LogP contribution is -2.25. The van der Waals surface area contributed by atoms with E-state index in [1.807, 2.05) is 6.07 Å². The van der Waals surface area contributed by atoms with Crippen molar-refractivity contribution in [1.82, 2.24) is 15.2 Å². The Morgan fingerprint density at radius 1 is 0.905 bits per heavy atom. The smallest absolute Gasteiger partial charge is 0.440 e. The predicted octanol–water partition coefficient (Wildman–Crippen LogP) is 6.86. The maximum absolute atomic E-state index is 14.8. The molecule has 0 fully saturated rings. The molecule has 0 bridgehead atoms. The Morgan fingerprint density at radius 3 is 2.33 bits per heavy atom. The number of aliphatic hydroxyl groups is 2. The van der Waals surface area contributed by atoms with Crippen molar-refractivity contribution in [2.24, 2.45) is 0 Å². The van der Waals surface area contributed by atoms with Gasteiger partial charge in [-0.3, -0.25) is 5.10 Å². The molecule has 0 aliphatic carbocycles. The third-order valence-electron chi connectivity index (χ3n) is 7.08. The number of aromatic amines is 1. The fraction of sp³-hybridized carbons (Fsp3) is 0.226. The molecular formula is C31H26F3N3O5. The molecule has 11 heteroatoms. The van der Waals surface area contributed by atoms with Gasteiger partial charge in [0.15, 0.2) is 23.1 Å². The Kier molecular flexibility index (Phi) is 6.39. The number of oxazole rings is 1. The number of benzene rings is 3. The zero-order chi connectivity index (χ0) is 30.0. The number of rotatable bonds is 6. The Bertz CT molecular complexity index is 1820. The maximum atomic E-state index is 14.8. The normalized spacial score (nSPS) is 14.0. The third-order valence-corrected chi connectivity index (χ3v) is 7.08. The molecular weight excluding hydrogens is 551 g/mol. The molecule has 0 unspecified atom stereocenters. The first-order valence-electron chi connectivity index (χ1n) is 13.0. The molecule has 8 nitrogen and oxygen atoms in total. The predicted molar refractivity (Wildman–Crippen MR) is 147 cm³/mol. The summed E-state index contributed by atoms with van der Waals surface area (Å²) in [5, 5.41) is 27.3. The minimum Gasteiger partial charge on any atom is -0.440 e. The largest absolute Gasteiger partial charge is 0.586 e. The number of fused-ring (bicyclic) bond motifs is 1. The standard InChI is InChI=1S/C31H26F3N3O5/c1-15-9-19(11-23(32)22(15)14-38)17-5-7-20(24-13-27(37-36-24)30(3,4)39)21(10-17)29-28(35-16(2)40-29)18-6-8-25-26(12-18)42-31(33,34)41-25/h5-13,38-39H,14H2,1-4H3,(H,36,37). The number of alkyl halides is 2. The van der Waals surface area contributed by atoms with E-state index in [9.17, 15) is 23.4 Å². The highest BCUT2D eigenvalue weighted by molar-refractivity contribution is 5.90. The first-order chi connectivity index (χ1) is 19.8. The average molecular weight is 578 g/mol. The van der Waals surface area contributed by atoms with Gasteiger partial charge in [0.2, 0.25) is 0 Å². The van der Waals surface area contributed by atoms with Crippen LogP contribution in [0, 0.1) is 19.7 Å². The Hall–Kier alpha value is -4.61. The minimum atomic E-state index is -3.77. The number of ether oxygens (including phenoxy) is 2. The van der Waals surface area contributed by atoms with Gasteiger partial charge in [-0.15, -0.1) is 8.78 Å². The summed E-state index contributed by atoms with van der Waals surface area (Å²) < 4.78 is 57.5. The Morgan fingerprint density at radius 2 is 1.64 bits per heavy atom. The number of hydrogen-bond donors (Lipinski definition) is 3. The summed E-state index contributed by atoms with van der Waals surface area (Å²) >= 11 is 0. The van der Waals surface area contributed by atoms with Gasteiger partial charge < -0.3 is 24.1 Å². The van der Waals surface area contributed by atoms with E-state index in [2.05, 4.69) is 24.7 Å². The number of halogens is 3. The van der Waals surface area contributed by atoms with Crippen molar-refractivity contribution >= 4 is 0 Å². The van der Waals surface area contributed by atoms with Crippen LogP contribution in [0.3, 0.4) is 0 Å². The van der Waals surface area contributed by atoms with Crippen LogP contribution in [0.15, 0.2) is 59.0 Å². The molecule has 1 aliphatic heterocycles. The van der Waals surface area contributed by atoms with E-state index in [4.69, 9.17) is 4.42 Å². The maximum Gasteiger partial charge on any atom is 0.586 e. The monoisotopic (exact) mass is 577 g/mol. The summed E-state index contributed by atoms with van der Waals surface area (Å²) in [6.45, 7) is 6.19. The van der Waals surface area contributed by atoms with E-state index in [0.717, 1.165) is 0 Å². The van der Waals surface area contributed by atoms with Crippen LogP contribution < -0.4 is 9.47 Å². The zero-order valence-corrected chi connectivity index (χ0v) is 23.1. The molecule has 0 saturated carbocycles. The fourth-order valence-corrected chi connectivity index (χ4v) is 4.96. The molecule has 0 saturated heterocycles. The van der Waals surface area contributed by atoms with Crippen molar-refractivity contribution in [3.05, 3.63) is 83.1 Å². The van der Waals surface area contributed by atoms with Crippen LogP contribution in [0.1, 0.15) is 36.6 Å². The summed E-state index contributed by atoms with van der Waals surface area (Å²) in [6.07, 6.45) is -3.77. The van der Waals surface area contributed by atoms with E-state index in [1.165, 1.54) is 18.2 Å². The van der Waals surface area contributed by atoms with Crippen molar-refractivity contribution in [2.75, 3.05) is 0 Å². The molecule has 3 N–H and O–H groups in total. The number of aromatic nitrogens is 3. The number of aliphatic hydroxyl groups excluding tert-OH is 1. The van der Waals surface area contributed by atoms with E-state index >= 15 is 0 Å². The highest BCUT2D eigenvalue weighted by atomic mass is 19.3. The quantitative estimate of drug-likeness (QED) is 0.202. The van der Waals surface area contributed by atoms with Crippen LogP contribution in [0.2, 0.25) is 0 Å². The van der Waals surface area contributed by atoms with Crippen LogP contribution in [0.25, 0.3) is 45.0 Å². The third kappa shape index (κ3) is 4.90. The van der Waals surface area contributed by atoms with Gasteiger partial charge >= 0.3 is 6.29 Å². The zero-order valence-electron chi connectivity index (χ0n) is 23.1. The molecule has 0 atom stereocenters. The topological polar surface area (TPSA) is 114 Å². The first-order valence-corrected chi connectivity index (χ1v) is 13.0. The number of hydrogen-bond acceptors (Lipinski definition) is 7. The highest BCUT2D eigenvalue weighted by Gasteiger charge is 2.43. The average Bonchev–Trinajstić information content (AvgIpc) is 3.63. The second-order valence-electron chi connectivity index (χ2n) is 10.6. The summed E-state index contributed by atoms with van der Waals surface area (Å²) in [4.78, 5) is 4.55. The summed E-state index contributed by atoms with van der Waals surface area (Å²) in [5.74, 6) is -0.145. The van der Waals surface area contributed by atoms with Crippen molar-refractivity contribution in [3.63, 3.8) is 0 Å². The summed E-state index contributed by atoms with van der Waals surface area (Å²) in [7, 11) is 0. The van der Waals surface area contributed by atoms with Crippen LogP contribution >= 0.6 is 0 Å². The van der Waals surface area contributed by atoms with Gasteiger partial charge in [-0.2, -0.15) is 5.10 Å². The fourth-order valence-electron chi connectivity index (χ4n) is 4.96. The minimum absolute atomic E-state index is 0.103. The molecule has 5 aromatic rings. The Balaban J connectivity index is 1.55. The molecule has 1 aliphatic rings. The van der Waals surface area contributed by atoms with Crippen LogP contribution in [-0.2, 0) is 12.2 Å². The van der Waals surface area contributed by atoms with Crippen molar-refractivity contribution in [2.45, 2.75) is 46.2 Å². The van der Waals surface area contributed by atoms with E-state index in [0.29, 0.717) is 62.1 Å². The second-order valence-corrected chi connectivity index (χ2v) is 10.6. The summed E-state index contributed by atoms with van der Waals surface area (Å²) in [5.41, 5.74) is 3.77. The number of nitrogens with one attached hydrogen (secondary N) is 1. The van der Waals surface area contributed by atoms with Crippen LogP contribution in [-0.4, -0.2) is 31.7 Å². The molecule has 42 heavy (non-hydrogen) atoms. The van der Waals surface area contributed by atoms with Gasteiger partial charge in [0.25, 0.3) is 0 Å². The van der Waals surface area contributed by atoms with Gasteiger partial charge in [-0.1, -0.05) is 18.2 Å². The second kappa shape index (κ2) is 9.74. The molecule has 6 rings (SSSR count). The number of aryl methyl sites for hydroxylation is 2. The Labute approximate surface area is 238 Å². The lowest BCUT2D eigenvalue weighted by molar-refractivity contribution is -0.286. The first kappa shape index (κ1) is 27.6. The molecule has 3 aromatic carbocycles.